The summed E-state index contributed by atoms with van der Waals surface area (Å²) < 4.78 is 32.2. The molecule has 0 aliphatic carbocycles. The lowest BCUT2D eigenvalue weighted by atomic mass is 10.3. The van der Waals surface area contributed by atoms with E-state index in [-0.39, 0.29) is 24.6 Å². The number of sulfonamides is 1. The molecule has 2 heterocycles. The number of rotatable bonds is 3. The smallest absolute Gasteiger partial charge is 0.334 e. The second-order valence-electron chi connectivity index (χ2n) is 4.07. The van der Waals surface area contributed by atoms with Gasteiger partial charge in [0.1, 0.15) is 0 Å². The average molecular weight is 274 g/mol. The van der Waals surface area contributed by atoms with Crippen LogP contribution in [-0.2, 0) is 26.6 Å². The number of ether oxygens (including phenoxy) is 1. The second kappa shape index (κ2) is 4.71. The van der Waals surface area contributed by atoms with Crippen LogP contribution in [0.4, 0.5) is 0 Å². The Kier molecular flexibility index (Phi) is 3.42. The van der Waals surface area contributed by atoms with Crippen LogP contribution in [0.5, 0.6) is 0 Å². The molecule has 7 nitrogen and oxygen atoms in total. The van der Waals surface area contributed by atoms with Crippen molar-refractivity contribution in [3.8, 4) is 0 Å². The highest BCUT2D eigenvalue weighted by Gasteiger charge is 2.34. The molecule has 0 aromatic carbocycles. The number of carboxylic acid groups (broad SMARTS) is 1. The van der Waals surface area contributed by atoms with Crippen molar-refractivity contribution in [2.45, 2.75) is 11.0 Å². The first-order valence-corrected chi connectivity index (χ1v) is 6.82. The molecule has 1 atom stereocenters. The molecule has 1 unspecified atom stereocenters. The van der Waals surface area contributed by atoms with Crippen LogP contribution < -0.4 is 0 Å². The van der Waals surface area contributed by atoms with E-state index in [1.54, 1.807) is 17.8 Å². The molecule has 0 amide bonds. The van der Waals surface area contributed by atoms with Gasteiger partial charge in [-0.2, -0.15) is 4.31 Å². The standard InChI is InChI=1S/C10H14N2O5S/c1-11-3-2-8(6-11)18(15,16)12-4-5-17-9(7-12)10(13)14/h2-3,6,9H,4-5,7H2,1H3,(H,13,14). The van der Waals surface area contributed by atoms with Crippen molar-refractivity contribution in [3.63, 3.8) is 0 Å². The van der Waals surface area contributed by atoms with Gasteiger partial charge in [-0.15, -0.1) is 0 Å². The number of hydrogen-bond acceptors (Lipinski definition) is 4. The number of nitrogens with zero attached hydrogens (tertiary/aromatic N) is 2. The van der Waals surface area contributed by atoms with Crippen LogP contribution in [0.2, 0.25) is 0 Å². The maximum absolute atomic E-state index is 12.2. The molecule has 1 fully saturated rings. The van der Waals surface area contributed by atoms with E-state index < -0.39 is 22.1 Å². The van der Waals surface area contributed by atoms with Gasteiger partial charge in [-0.3, -0.25) is 0 Å². The van der Waals surface area contributed by atoms with Gasteiger partial charge in [0.05, 0.1) is 18.0 Å². The van der Waals surface area contributed by atoms with E-state index in [0.29, 0.717) is 0 Å². The molecule has 0 bridgehead atoms. The third-order valence-electron chi connectivity index (χ3n) is 2.75. The normalized spacial score (nSPS) is 21.9. The van der Waals surface area contributed by atoms with Crippen LogP contribution in [0.15, 0.2) is 23.4 Å². The third kappa shape index (κ3) is 2.40. The monoisotopic (exact) mass is 274 g/mol. The largest absolute Gasteiger partial charge is 0.479 e. The summed E-state index contributed by atoms with van der Waals surface area (Å²) in [5, 5.41) is 8.85. The van der Waals surface area contributed by atoms with Crippen LogP contribution in [0.3, 0.4) is 0 Å². The van der Waals surface area contributed by atoms with Crippen molar-refractivity contribution in [2.75, 3.05) is 19.7 Å². The fourth-order valence-corrected chi connectivity index (χ4v) is 3.25. The number of hydrogen-bond donors (Lipinski definition) is 1. The van der Waals surface area contributed by atoms with E-state index in [9.17, 15) is 13.2 Å². The molecule has 18 heavy (non-hydrogen) atoms. The summed E-state index contributed by atoms with van der Waals surface area (Å²) in [5.41, 5.74) is 0. The number of carboxylic acids is 1. The first-order chi connectivity index (χ1) is 8.41. The molecular weight excluding hydrogens is 260 g/mol. The van der Waals surface area contributed by atoms with Crippen LogP contribution in [-0.4, -0.2) is 54.2 Å². The first-order valence-electron chi connectivity index (χ1n) is 5.38. The zero-order valence-electron chi connectivity index (χ0n) is 9.81. The lowest BCUT2D eigenvalue weighted by molar-refractivity contribution is -0.153. The lowest BCUT2D eigenvalue weighted by Gasteiger charge is -2.29. The van der Waals surface area contributed by atoms with Crippen molar-refractivity contribution in [1.82, 2.24) is 8.87 Å². The molecule has 8 heteroatoms. The third-order valence-corrected chi connectivity index (χ3v) is 4.60. The molecular formula is C10H14N2O5S. The SMILES string of the molecule is Cn1ccc(S(=O)(=O)N2CCOC(C(=O)O)C2)c1. The Balaban J connectivity index is 2.22. The molecule has 1 aliphatic heterocycles. The Morgan fingerprint density at radius 1 is 1.56 bits per heavy atom. The number of morpholine rings is 1. The van der Waals surface area contributed by atoms with E-state index in [1.807, 2.05) is 0 Å². The Labute approximate surface area is 105 Å². The highest BCUT2D eigenvalue weighted by atomic mass is 32.2. The Morgan fingerprint density at radius 2 is 2.28 bits per heavy atom. The predicted octanol–water partition coefficient (Wildman–Crippen LogP) is -0.501. The average Bonchev–Trinajstić information content (AvgIpc) is 2.77. The molecule has 1 aliphatic rings. The topological polar surface area (TPSA) is 88.8 Å². The van der Waals surface area contributed by atoms with Gasteiger partial charge in [0.15, 0.2) is 6.10 Å². The fourth-order valence-electron chi connectivity index (χ4n) is 1.77. The molecule has 1 aromatic heterocycles. The lowest BCUT2D eigenvalue weighted by Crippen LogP contribution is -2.48. The molecule has 1 N–H and O–H groups in total. The summed E-state index contributed by atoms with van der Waals surface area (Å²) in [5.74, 6) is -1.15. The number of aromatic nitrogens is 1. The van der Waals surface area contributed by atoms with Gasteiger partial charge in [-0.1, -0.05) is 0 Å². The summed E-state index contributed by atoms with van der Waals surface area (Å²) in [6.07, 6.45) is 2.01. The number of carbonyl (C=O) groups is 1. The zero-order chi connectivity index (χ0) is 13.3. The minimum atomic E-state index is -3.64. The van der Waals surface area contributed by atoms with Crippen LogP contribution >= 0.6 is 0 Å². The zero-order valence-corrected chi connectivity index (χ0v) is 10.6. The van der Waals surface area contributed by atoms with Crippen molar-refractivity contribution < 1.29 is 23.1 Å². The van der Waals surface area contributed by atoms with Gasteiger partial charge in [0.2, 0.25) is 10.0 Å². The van der Waals surface area contributed by atoms with Gasteiger partial charge in [0, 0.05) is 26.0 Å². The summed E-state index contributed by atoms with van der Waals surface area (Å²) in [6.45, 7) is 0.0938. The number of aryl methyl sites for hydroxylation is 1. The summed E-state index contributed by atoms with van der Waals surface area (Å²) in [4.78, 5) is 11.0. The molecule has 1 aromatic rings. The van der Waals surface area contributed by atoms with Gasteiger partial charge in [-0.25, -0.2) is 13.2 Å². The van der Waals surface area contributed by atoms with Crippen LogP contribution in [0.25, 0.3) is 0 Å². The molecule has 0 spiro atoms. The van der Waals surface area contributed by atoms with E-state index in [0.717, 1.165) is 4.31 Å². The van der Waals surface area contributed by atoms with Gasteiger partial charge in [0.25, 0.3) is 0 Å². The van der Waals surface area contributed by atoms with Crippen molar-refractivity contribution in [1.29, 1.82) is 0 Å². The molecule has 0 radical (unpaired) electrons. The summed E-state index contributed by atoms with van der Waals surface area (Å²) in [6, 6.07) is 1.49. The quantitative estimate of drug-likeness (QED) is 0.802. The van der Waals surface area contributed by atoms with Crippen LogP contribution in [0, 0.1) is 0 Å². The van der Waals surface area contributed by atoms with E-state index in [1.165, 1.54) is 12.3 Å². The van der Waals surface area contributed by atoms with Crippen molar-refractivity contribution in [2.24, 2.45) is 7.05 Å². The molecule has 100 valence electrons. The van der Waals surface area contributed by atoms with E-state index >= 15 is 0 Å². The second-order valence-corrected chi connectivity index (χ2v) is 6.01. The van der Waals surface area contributed by atoms with E-state index in [2.05, 4.69) is 0 Å². The minimum Gasteiger partial charge on any atom is -0.479 e. The maximum atomic E-state index is 12.2. The Hall–Kier alpha value is -1.38. The molecule has 0 saturated carbocycles. The maximum Gasteiger partial charge on any atom is 0.334 e. The van der Waals surface area contributed by atoms with Gasteiger partial charge in [-0.05, 0) is 6.07 Å². The van der Waals surface area contributed by atoms with E-state index in [4.69, 9.17) is 9.84 Å². The molecule has 1 saturated heterocycles. The minimum absolute atomic E-state index is 0.0863. The van der Waals surface area contributed by atoms with Crippen molar-refractivity contribution >= 4 is 16.0 Å². The fraction of sp³-hybridized carbons (Fsp3) is 0.500. The van der Waals surface area contributed by atoms with Crippen molar-refractivity contribution in [3.05, 3.63) is 18.5 Å². The predicted molar refractivity (Wildman–Crippen MR) is 61.5 cm³/mol. The van der Waals surface area contributed by atoms with Gasteiger partial charge >= 0.3 is 5.97 Å². The highest BCUT2D eigenvalue weighted by Crippen LogP contribution is 2.18. The summed E-state index contributed by atoms with van der Waals surface area (Å²) in [7, 11) is -1.92. The molecule has 2 rings (SSSR count). The van der Waals surface area contributed by atoms with Crippen LogP contribution in [0.1, 0.15) is 0 Å². The summed E-state index contributed by atoms with van der Waals surface area (Å²) >= 11 is 0. The first kappa shape index (κ1) is 13.1. The Bertz CT molecular complexity index is 550. The Morgan fingerprint density at radius 3 is 2.83 bits per heavy atom. The highest BCUT2D eigenvalue weighted by molar-refractivity contribution is 7.89. The number of aliphatic carboxylic acids is 1. The van der Waals surface area contributed by atoms with Gasteiger partial charge < -0.3 is 14.4 Å².